The first-order chi connectivity index (χ1) is 15.7. The van der Waals surface area contributed by atoms with E-state index in [2.05, 4.69) is 25.6 Å². The predicted octanol–water partition coefficient (Wildman–Crippen LogP) is 2.22. The molecule has 12 nitrogen and oxygen atoms in total. The Morgan fingerprint density at radius 3 is 2.88 bits per heavy atom. The Kier molecular flexibility index (Phi) is 5.84. The minimum absolute atomic E-state index is 0.00497. The van der Waals surface area contributed by atoms with Crippen LogP contribution in [0.25, 0.3) is 16.6 Å². The Labute approximate surface area is 191 Å². The van der Waals surface area contributed by atoms with Gasteiger partial charge < -0.3 is 20.9 Å². The second kappa shape index (κ2) is 8.74. The molecule has 13 heteroatoms. The zero-order valence-corrected chi connectivity index (χ0v) is 18.3. The third-order valence-electron chi connectivity index (χ3n) is 4.79. The van der Waals surface area contributed by atoms with Crippen LogP contribution in [0.2, 0.25) is 5.15 Å². The number of hydrogen-bond donors (Lipinski definition) is 3. The fourth-order valence-corrected chi connectivity index (χ4v) is 3.33. The molecule has 0 saturated heterocycles. The second-order valence-electron chi connectivity index (χ2n) is 7.24. The average molecular weight is 471 g/mol. The number of nitrogens with zero attached hydrogens (tertiary/aromatic N) is 6. The number of hydrogen-bond acceptors (Lipinski definition) is 8. The van der Waals surface area contributed by atoms with Crippen LogP contribution in [0, 0.1) is 0 Å². The largest absolute Gasteiger partial charge is 0.489 e. The Hall–Kier alpha value is -4.19. The predicted molar refractivity (Wildman–Crippen MR) is 121 cm³/mol. The number of nitrogen functional groups attached to an aromatic ring is 1. The number of halogens is 1. The summed E-state index contributed by atoms with van der Waals surface area (Å²) in [6.45, 7) is 1.90. The highest BCUT2D eigenvalue weighted by Crippen LogP contribution is 2.25. The molecule has 0 radical (unpaired) electrons. The fourth-order valence-electron chi connectivity index (χ4n) is 3.15. The summed E-state index contributed by atoms with van der Waals surface area (Å²) in [6, 6.07) is 6.15. The summed E-state index contributed by atoms with van der Waals surface area (Å²) in [4.78, 5) is 29.3. The molecular weight excluding hydrogens is 452 g/mol. The number of carboxylic acid groups (broad SMARTS) is 1. The average Bonchev–Trinajstić information content (AvgIpc) is 3.20. The second-order valence-corrected chi connectivity index (χ2v) is 7.63. The van der Waals surface area contributed by atoms with Crippen molar-refractivity contribution in [2.45, 2.75) is 13.0 Å². The van der Waals surface area contributed by atoms with Crippen molar-refractivity contribution in [2.75, 3.05) is 24.3 Å². The summed E-state index contributed by atoms with van der Waals surface area (Å²) in [5, 5.41) is 24.8. The molecule has 0 fully saturated rings. The summed E-state index contributed by atoms with van der Waals surface area (Å²) < 4.78 is 7.03. The molecule has 0 aliphatic rings. The smallest absolute Gasteiger partial charge is 0.411 e. The van der Waals surface area contributed by atoms with Gasteiger partial charge in [0, 0.05) is 24.2 Å². The van der Waals surface area contributed by atoms with Crippen LogP contribution in [0.4, 0.5) is 16.2 Å². The quantitative estimate of drug-likeness (QED) is 0.359. The summed E-state index contributed by atoms with van der Waals surface area (Å²) in [5.74, 6) is -0.00255. The highest BCUT2D eigenvalue weighted by molar-refractivity contribution is 6.29. The van der Waals surface area contributed by atoms with Crippen LogP contribution in [-0.2, 0) is 0 Å². The first kappa shape index (κ1) is 22.0. The van der Waals surface area contributed by atoms with Crippen molar-refractivity contribution >= 4 is 51.5 Å². The summed E-state index contributed by atoms with van der Waals surface area (Å²) in [6.07, 6.45) is 1.57. The fraction of sp³-hybridized carbons (Fsp3) is 0.200. The Morgan fingerprint density at radius 2 is 2.12 bits per heavy atom. The van der Waals surface area contributed by atoms with E-state index in [9.17, 15) is 14.7 Å². The summed E-state index contributed by atoms with van der Waals surface area (Å²) in [7, 11) is 1.34. The van der Waals surface area contributed by atoms with Gasteiger partial charge in [0.2, 0.25) is 0 Å². The monoisotopic (exact) mass is 470 g/mol. The molecule has 1 aromatic carbocycles. The number of nitrogens with one attached hydrogen (secondary N) is 1. The van der Waals surface area contributed by atoms with Gasteiger partial charge in [-0.1, -0.05) is 11.6 Å². The minimum Gasteiger partial charge on any atom is -0.489 e. The summed E-state index contributed by atoms with van der Waals surface area (Å²) >= 11 is 6.04. The third kappa shape index (κ3) is 4.41. The van der Waals surface area contributed by atoms with Crippen molar-refractivity contribution in [3.05, 3.63) is 47.5 Å². The van der Waals surface area contributed by atoms with E-state index in [-0.39, 0.29) is 28.8 Å². The van der Waals surface area contributed by atoms with Crippen molar-refractivity contribution in [1.29, 1.82) is 0 Å². The van der Waals surface area contributed by atoms with Crippen molar-refractivity contribution in [1.82, 2.24) is 30.1 Å². The molecule has 0 aliphatic heterocycles. The maximum absolute atomic E-state index is 12.8. The maximum Gasteiger partial charge on any atom is 0.411 e. The SMILES string of the molecule is C[C@H](COc1cnnc2ccc(N)cc12)NC(=O)c1cnc2c(N(C)C(=O)O)cc(Cl)nn12. The molecule has 4 rings (SSSR count). The lowest BCUT2D eigenvalue weighted by Gasteiger charge is -2.16. The number of nitrogens with two attached hydrogens (primary N) is 1. The molecule has 3 aromatic heterocycles. The lowest BCUT2D eigenvalue weighted by atomic mass is 10.2. The van der Waals surface area contributed by atoms with E-state index in [1.807, 2.05) is 0 Å². The van der Waals surface area contributed by atoms with E-state index in [0.29, 0.717) is 22.3 Å². The lowest BCUT2D eigenvalue weighted by molar-refractivity contribution is 0.0919. The molecule has 1 atom stereocenters. The van der Waals surface area contributed by atoms with Crippen LogP contribution < -0.4 is 20.7 Å². The van der Waals surface area contributed by atoms with Crippen LogP contribution in [0.3, 0.4) is 0 Å². The van der Waals surface area contributed by atoms with Gasteiger partial charge in [-0.25, -0.2) is 14.3 Å². The Balaban J connectivity index is 1.51. The number of carbonyl (C=O) groups is 2. The van der Waals surface area contributed by atoms with Gasteiger partial charge in [0.15, 0.2) is 16.5 Å². The first-order valence-corrected chi connectivity index (χ1v) is 10.1. The number of benzene rings is 1. The third-order valence-corrected chi connectivity index (χ3v) is 4.98. The van der Waals surface area contributed by atoms with Crippen LogP contribution in [-0.4, -0.2) is 61.6 Å². The van der Waals surface area contributed by atoms with Gasteiger partial charge in [-0.15, -0.1) is 0 Å². The van der Waals surface area contributed by atoms with Crippen molar-refractivity contribution in [3.8, 4) is 5.75 Å². The molecule has 170 valence electrons. The zero-order chi connectivity index (χ0) is 23.7. The topological polar surface area (TPSA) is 161 Å². The van der Waals surface area contributed by atoms with Gasteiger partial charge in [-0.05, 0) is 25.1 Å². The molecule has 33 heavy (non-hydrogen) atoms. The van der Waals surface area contributed by atoms with Crippen LogP contribution in [0.5, 0.6) is 5.75 Å². The van der Waals surface area contributed by atoms with Gasteiger partial charge in [-0.2, -0.15) is 15.3 Å². The standard InChI is InChI=1S/C20H19ClN8O4/c1-10(9-33-16-8-24-26-13-4-3-11(22)5-12(13)16)25-19(30)15-7-23-18-14(28(2)20(31)32)6-17(21)27-29(15)18/h3-8,10H,9,22H2,1-2H3,(H,25,30)(H,31,32)/t10-/m1/s1. The molecule has 4 aromatic rings. The number of imidazole rings is 1. The number of anilines is 2. The van der Waals surface area contributed by atoms with Crippen LogP contribution >= 0.6 is 11.6 Å². The van der Waals surface area contributed by atoms with E-state index < -0.39 is 18.0 Å². The van der Waals surface area contributed by atoms with Crippen molar-refractivity contribution < 1.29 is 19.4 Å². The molecule has 0 saturated carbocycles. The molecule has 0 aliphatic carbocycles. The van der Waals surface area contributed by atoms with E-state index >= 15 is 0 Å². The molecule has 4 N–H and O–H groups in total. The van der Waals surface area contributed by atoms with Crippen LogP contribution in [0.1, 0.15) is 17.4 Å². The highest BCUT2D eigenvalue weighted by Gasteiger charge is 2.21. The Bertz CT molecular complexity index is 1380. The highest BCUT2D eigenvalue weighted by atomic mass is 35.5. The maximum atomic E-state index is 12.8. The molecule has 0 unspecified atom stereocenters. The summed E-state index contributed by atoms with van der Waals surface area (Å²) in [5.41, 5.74) is 7.49. The minimum atomic E-state index is -1.21. The molecule has 2 amide bonds. The molecule has 0 bridgehead atoms. The van der Waals surface area contributed by atoms with Crippen molar-refractivity contribution in [3.63, 3.8) is 0 Å². The van der Waals surface area contributed by atoms with Crippen LogP contribution in [0.15, 0.2) is 36.7 Å². The van der Waals surface area contributed by atoms with Crippen molar-refractivity contribution in [2.24, 2.45) is 0 Å². The molecule has 3 heterocycles. The van der Waals surface area contributed by atoms with E-state index in [0.717, 1.165) is 4.90 Å². The van der Waals surface area contributed by atoms with E-state index in [1.165, 1.54) is 30.0 Å². The number of rotatable bonds is 6. The van der Waals surface area contributed by atoms with Gasteiger partial charge in [-0.3, -0.25) is 9.69 Å². The van der Waals surface area contributed by atoms with E-state index in [4.69, 9.17) is 22.1 Å². The van der Waals surface area contributed by atoms with Gasteiger partial charge in [0.25, 0.3) is 5.91 Å². The number of ether oxygens (including phenoxy) is 1. The van der Waals surface area contributed by atoms with E-state index in [1.54, 1.807) is 25.1 Å². The van der Waals surface area contributed by atoms with Gasteiger partial charge >= 0.3 is 6.09 Å². The lowest BCUT2D eigenvalue weighted by Crippen LogP contribution is -2.37. The normalized spacial score (nSPS) is 12.0. The Morgan fingerprint density at radius 1 is 1.33 bits per heavy atom. The number of aromatic nitrogens is 5. The van der Waals surface area contributed by atoms with Gasteiger partial charge in [0.1, 0.15) is 12.4 Å². The van der Waals surface area contributed by atoms with Gasteiger partial charge in [0.05, 0.1) is 29.6 Å². The molecular formula is C20H19ClN8O4. The molecule has 0 spiro atoms. The first-order valence-electron chi connectivity index (χ1n) is 9.70. The number of carbonyl (C=O) groups excluding carboxylic acids is 1. The zero-order valence-electron chi connectivity index (χ0n) is 17.6. The number of fused-ring (bicyclic) bond motifs is 2. The number of amides is 2.